The van der Waals surface area contributed by atoms with Crippen LogP contribution in [0.1, 0.15) is 35.6 Å². The van der Waals surface area contributed by atoms with Crippen LogP contribution in [-0.2, 0) is 6.54 Å². The molecule has 0 spiro atoms. The first-order valence-electron chi connectivity index (χ1n) is 9.20. The van der Waals surface area contributed by atoms with Crippen molar-refractivity contribution in [3.8, 4) is 11.5 Å². The number of likely N-dealkylation sites (tertiary alicyclic amines) is 1. The molecule has 0 radical (unpaired) electrons. The van der Waals surface area contributed by atoms with Crippen LogP contribution in [-0.4, -0.2) is 23.7 Å². The van der Waals surface area contributed by atoms with Gasteiger partial charge in [-0.15, -0.1) is 0 Å². The highest BCUT2D eigenvalue weighted by molar-refractivity contribution is 5.84. The van der Waals surface area contributed by atoms with E-state index in [1.54, 1.807) is 26.2 Å². The summed E-state index contributed by atoms with van der Waals surface area (Å²) in [6.07, 6.45) is 2.19. The van der Waals surface area contributed by atoms with Crippen molar-refractivity contribution in [3.05, 3.63) is 69.6 Å². The smallest absolute Gasteiger partial charge is 0.336 e. The van der Waals surface area contributed by atoms with E-state index in [9.17, 15) is 9.90 Å². The maximum Gasteiger partial charge on any atom is 0.336 e. The number of ether oxygens (including phenoxy) is 1. The van der Waals surface area contributed by atoms with E-state index in [0.717, 1.165) is 36.1 Å². The minimum Gasteiger partial charge on any atom is -0.508 e. The summed E-state index contributed by atoms with van der Waals surface area (Å²) in [4.78, 5) is 14.5. The second-order valence-corrected chi connectivity index (χ2v) is 7.08. The number of phenols is 1. The van der Waals surface area contributed by atoms with E-state index in [-0.39, 0.29) is 11.4 Å². The zero-order valence-electron chi connectivity index (χ0n) is 15.6. The summed E-state index contributed by atoms with van der Waals surface area (Å²) in [5.74, 6) is 0.995. The molecule has 0 saturated carbocycles. The lowest BCUT2D eigenvalue weighted by atomic mass is 10.0. The molecule has 0 bridgehead atoms. The molecule has 27 heavy (non-hydrogen) atoms. The van der Waals surface area contributed by atoms with Crippen LogP contribution in [0.4, 0.5) is 0 Å². The molecule has 0 unspecified atom stereocenters. The third kappa shape index (κ3) is 3.30. The highest BCUT2D eigenvalue weighted by Crippen LogP contribution is 2.36. The number of methoxy groups -OCH3 is 1. The number of aryl methyl sites for hydroxylation is 1. The Balaban J connectivity index is 1.71. The quantitative estimate of drug-likeness (QED) is 0.704. The van der Waals surface area contributed by atoms with E-state index in [1.807, 2.05) is 18.2 Å². The molecule has 1 fully saturated rings. The third-order valence-electron chi connectivity index (χ3n) is 5.43. The largest absolute Gasteiger partial charge is 0.508 e. The van der Waals surface area contributed by atoms with Crippen LogP contribution in [0.2, 0.25) is 0 Å². The Morgan fingerprint density at radius 1 is 1.26 bits per heavy atom. The maximum absolute atomic E-state index is 12.1. The molecule has 1 saturated heterocycles. The Hall–Kier alpha value is -2.79. The second-order valence-electron chi connectivity index (χ2n) is 7.08. The zero-order valence-corrected chi connectivity index (χ0v) is 15.6. The lowest BCUT2D eigenvalue weighted by Gasteiger charge is -2.25. The van der Waals surface area contributed by atoms with Crippen LogP contribution in [0.25, 0.3) is 11.0 Å². The molecule has 5 nitrogen and oxygen atoms in total. The van der Waals surface area contributed by atoms with Gasteiger partial charge < -0.3 is 14.3 Å². The molecule has 1 N–H and O–H groups in total. The van der Waals surface area contributed by atoms with Gasteiger partial charge >= 0.3 is 5.63 Å². The monoisotopic (exact) mass is 365 g/mol. The first kappa shape index (κ1) is 17.6. The summed E-state index contributed by atoms with van der Waals surface area (Å²) >= 11 is 0. The van der Waals surface area contributed by atoms with Gasteiger partial charge in [-0.05, 0) is 61.7 Å². The fourth-order valence-electron chi connectivity index (χ4n) is 4.01. The first-order chi connectivity index (χ1) is 13.1. The maximum atomic E-state index is 12.1. The second kappa shape index (κ2) is 7.08. The summed E-state index contributed by atoms with van der Waals surface area (Å²) in [7, 11) is 1.68. The van der Waals surface area contributed by atoms with Crippen molar-refractivity contribution in [2.45, 2.75) is 32.4 Å². The fourth-order valence-corrected chi connectivity index (χ4v) is 4.01. The average Bonchev–Trinajstić information content (AvgIpc) is 3.13. The molecule has 1 aliphatic heterocycles. The molecule has 1 aromatic heterocycles. The molecule has 1 aliphatic rings. The standard InChI is InChI=1S/C22H23NO4/c1-14-20(24)9-8-18-16(12-21(25)27-22(14)18)13-23-10-4-7-19(23)15-5-3-6-17(11-15)26-2/h3,5-6,8-9,11-12,19,24H,4,7,10,13H2,1-2H3/t19-/m0/s1. The minimum absolute atomic E-state index is 0.137. The summed E-state index contributed by atoms with van der Waals surface area (Å²) in [5.41, 5.74) is 2.84. The molecule has 0 aliphatic carbocycles. The van der Waals surface area contributed by atoms with Gasteiger partial charge in [-0.25, -0.2) is 4.79 Å². The van der Waals surface area contributed by atoms with Crippen molar-refractivity contribution in [1.29, 1.82) is 0 Å². The Morgan fingerprint density at radius 2 is 2.11 bits per heavy atom. The van der Waals surface area contributed by atoms with E-state index < -0.39 is 0 Å². The molecule has 0 amide bonds. The van der Waals surface area contributed by atoms with Crippen molar-refractivity contribution >= 4 is 11.0 Å². The fraction of sp³-hybridized carbons (Fsp3) is 0.318. The van der Waals surface area contributed by atoms with Crippen molar-refractivity contribution < 1.29 is 14.3 Å². The number of hydrogen-bond donors (Lipinski definition) is 1. The lowest BCUT2D eigenvalue weighted by Crippen LogP contribution is -2.23. The Kier molecular flexibility index (Phi) is 4.62. The number of aromatic hydroxyl groups is 1. The van der Waals surface area contributed by atoms with Gasteiger partial charge in [-0.3, -0.25) is 4.90 Å². The normalized spacial score (nSPS) is 17.5. The van der Waals surface area contributed by atoms with E-state index in [0.29, 0.717) is 23.7 Å². The van der Waals surface area contributed by atoms with E-state index in [2.05, 4.69) is 17.0 Å². The van der Waals surface area contributed by atoms with Crippen LogP contribution in [0.5, 0.6) is 11.5 Å². The van der Waals surface area contributed by atoms with Crippen molar-refractivity contribution in [2.24, 2.45) is 0 Å². The van der Waals surface area contributed by atoms with Gasteiger partial charge in [0, 0.05) is 29.6 Å². The zero-order chi connectivity index (χ0) is 19.0. The number of fused-ring (bicyclic) bond motifs is 1. The number of phenolic OH excluding ortho intramolecular Hbond substituents is 1. The number of hydrogen-bond acceptors (Lipinski definition) is 5. The van der Waals surface area contributed by atoms with E-state index >= 15 is 0 Å². The van der Waals surface area contributed by atoms with Crippen molar-refractivity contribution in [1.82, 2.24) is 4.90 Å². The summed E-state index contributed by atoms with van der Waals surface area (Å²) in [6, 6.07) is 13.5. The van der Waals surface area contributed by atoms with Crippen molar-refractivity contribution in [3.63, 3.8) is 0 Å². The Bertz CT molecular complexity index is 1040. The van der Waals surface area contributed by atoms with Gasteiger partial charge in [0.05, 0.1) is 7.11 Å². The number of benzene rings is 2. The molecule has 140 valence electrons. The molecular formula is C22H23NO4. The van der Waals surface area contributed by atoms with Crippen LogP contribution in [0.15, 0.2) is 51.7 Å². The molecule has 4 rings (SSSR count). The molecule has 1 atom stereocenters. The van der Waals surface area contributed by atoms with Gasteiger partial charge in [0.25, 0.3) is 0 Å². The Labute approximate surface area is 157 Å². The third-order valence-corrected chi connectivity index (χ3v) is 5.43. The first-order valence-corrected chi connectivity index (χ1v) is 9.20. The van der Waals surface area contributed by atoms with Gasteiger partial charge in [0.2, 0.25) is 0 Å². The molecule has 3 aromatic rings. The van der Waals surface area contributed by atoms with Crippen LogP contribution < -0.4 is 10.4 Å². The summed E-state index contributed by atoms with van der Waals surface area (Å²) in [5, 5.41) is 10.8. The lowest BCUT2D eigenvalue weighted by molar-refractivity contribution is 0.248. The van der Waals surface area contributed by atoms with Crippen LogP contribution in [0, 0.1) is 6.92 Å². The van der Waals surface area contributed by atoms with Crippen LogP contribution in [0.3, 0.4) is 0 Å². The molecule has 2 aromatic carbocycles. The topological polar surface area (TPSA) is 62.9 Å². The highest BCUT2D eigenvalue weighted by Gasteiger charge is 2.27. The minimum atomic E-state index is -0.386. The number of rotatable bonds is 4. The van der Waals surface area contributed by atoms with Gasteiger partial charge in [0.15, 0.2) is 0 Å². The molecule has 5 heteroatoms. The predicted molar refractivity (Wildman–Crippen MR) is 104 cm³/mol. The van der Waals surface area contributed by atoms with Gasteiger partial charge in [0.1, 0.15) is 17.1 Å². The Morgan fingerprint density at radius 3 is 2.93 bits per heavy atom. The van der Waals surface area contributed by atoms with Crippen LogP contribution >= 0.6 is 0 Å². The van der Waals surface area contributed by atoms with Gasteiger partial charge in [-0.2, -0.15) is 0 Å². The average molecular weight is 365 g/mol. The summed E-state index contributed by atoms with van der Waals surface area (Å²) in [6.45, 7) is 3.40. The summed E-state index contributed by atoms with van der Waals surface area (Å²) < 4.78 is 10.7. The molecular weight excluding hydrogens is 342 g/mol. The highest BCUT2D eigenvalue weighted by atomic mass is 16.5. The van der Waals surface area contributed by atoms with E-state index in [4.69, 9.17) is 9.15 Å². The SMILES string of the molecule is COc1cccc([C@@H]2CCCN2Cc2cc(=O)oc3c(C)c(O)ccc23)c1. The molecule has 2 heterocycles. The number of nitrogens with zero attached hydrogens (tertiary/aromatic N) is 1. The predicted octanol–water partition coefficient (Wildman–Crippen LogP) is 4.15. The van der Waals surface area contributed by atoms with E-state index in [1.165, 1.54) is 5.56 Å². The van der Waals surface area contributed by atoms with Gasteiger partial charge in [-0.1, -0.05) is 12.1 Å². The van der Waals surface area contributed by atoms with Crippen molar-refractivity contribution in [2.75, 3.05) is 13.7 Å².